The monoisotopic (exact) mass is 936 g/mol. The van der Waals surface area contributed by atoms with Crippen LogP contribution in [0.15, 0.2) is 114 Å². The molecule has 5 aromatic rings. The number of aryl methyl sites for hydroxylation is 1. The Bertz CT molecular complexity index is 2390. The molecule has 0 bridgehead atoms. The van der Waals surface area contributed by atoms with Gasteiger partial charge in [0, 0.05) is 24.3 Å². The Morgan fingerprint density at radius 1 is 0.836 bits per heavy atom. The second-order valence-corrected chi connectivity index (χ2v) is 18.1. The zero-order valence-electron chi connectivity index (χ0n) is 38.6. The third-order valence-corrected chi connectivity index (χ3v) is 13.2. The lowest BCUT2D eigenvalue weighted by Crippen LogP contribution is -2.49. The quantitative estimate of drug-likeness (QED) is 0.0188. The number of nitrogens with one attached hydrogen (secondary N) is 2. The first-order chi connectivity index (χ1) is 32.5. The van der Waals surface area contributed by atoms with E-state index in [1.807, 2.05) is 100 Å². The predicted molar refractivity (Wildman–Crippen MR) is 255 cm³/mol. The van der Waals surface area contributed by atoms with Gasteiger partial charge in [-0.1, -0.05) is 93.8 Å². The van der Waals surface area contributed by atoms with Crippen molar-refractivity contribution in [3.05, 3.63) is 137 Å². The summed E-state index contributed by atoms with van der Waals surface area (Å²) >= 11 is 0. The van der Waals surface area contributed by atoms with Gasteiger partial charge in [0.25, 0.3) is 5.91 Å². The van der Waals surface area contributed by atoms with E-state index in [4.69, 9.17) is 27.8 Å². The number of nitrogens with zero attached hydrogens (tertiary/aromatic N) is 2. The molecule has 1 aliphatic heterocycles. The Hall–Kier alpha value is -6.25. The van der Waals surface area contributed by atoms with Crippen LogP contribution in [-0.4, -0.2) is 74.9 Å². The maximum absolute atomic E-state index is 14.7. The highest BCUT2D eigenvalue weighted by molar-refractivity contribution is 7.62. The predicted octanol–water partition coefficient (Wildman–Crippen LogP) is 8.75. The number of anilines is 1. The normalized spacial score (nSPS) is 13.6. The first-order valence-electron chi connectivity index (χ1n) is 22.9. The van der Waals surface area contributed by atoms with E-state index in [0.29, 0.717) is 67.9 Å². The highest BCUT2D eigenvalue weighted by Crippen LogP contribution is 2.50. The summed E-state index contributed by atoms with van der Waals surface area (Å²) in [5, 5.41) is 6.64. The summed E-state index contributed by atoms with van der Waals surface area (Å²) in [6.07, 6.45) is 3.59. The molecule has 3 amide bonds. The van der Waals surface area contributed by atoms with Crippen LogP contribution in [0.2, 0.25) is 0 Å². The van der Waals surface area contributed by atoms with Gasteiger partial charge in [0.05, 0.1) is 62.5 Å². The summed E-state index contributed by atoms with van der Waals surface area (Å²) in [6, 6.07) is 31.4. The Labute approximate surface area is 392 Å². The van der Waals surface area contributed by atoms with Crippen LogP contribution in [0.5, 0.6) is 5.75 Å². The molecule has 0 spiro atoms. The van der Waals surface area contributed by atoms with Crippen LogP contribution < -0.4 is 25.6 Å². The Morgan fingerprint density at radius 2 is 1.52 bits per heavy atom. The number of morpholine rings is 1. The van der Waals surface area contributed by atoms with Crippen LogP contribution in [0.3, 0.4) is 0 Å². The fourth-order valence-corrected chi connectivity index (χ4v) is 9.39. The maximum atomic E-state index is 14.7. The van der Waals surface area contributed by atoms with Gasteiger partial charge < -0.3 is 43.3 Å². The number of carbonyl (C=O) groups is 4. The fourth-order valence-electron chi connectivity index (χ4n) is 7.79. The number of furan rings is 1. The summed E-state index contributed by atoms with van der Waals surface area (Å²) in [5.41, 5.74) is 4.03. The molecule has 0 aliphatic carbocycles. The van der Waals surface area contributed by atoms with Gasteiger partial charge in [-0.15, -0.1) is 0 Å². The SMILES string of the molecule is CCCCC[C@@H](C(=O)NCNC(=O)c1ccc(-c2cc(OCC)cc(P(=O)(OCc3ccccc3)OCc3ccccc3)c2)o1)[C@@H](CC)N(C=O)OC(=O)c1ccc(N2CCOCC2)cc1C. The van der Waals surface area contributed by atoms with E-state index in [1.165, 1.54) is 6.07 Å². The van der Waals surface area contributed by atoms with Crippen LogP contribution in [0.4, 0.5) is 5.69 Å². The van der Waals surface area contributed by atoms with Gasteiger partial charge in [-0.2, -0.15) is 5.06 Å². The molecule has 1 aromatic heterocycles. The number of hydroxylamine groups is 2. The van der Waals surface area contributed by atoms with Crippen molar-refractivity contribution in [1.82, 2.24) is 15.7 Å². The zero-order chi connectivity index (χ0) is 47.6. The van der Waals surface area contributed by atoms with Crippen molar-refractivity contribution < 1.29 is 51.5 Å². The van der Waals surface area contributed by atoms with Crippen LogP contribution in [0.25, 0.3) is 11.3 Å². The average Bonchev–Trinajstić information content (AvgIpc) is 3.86. The van der Waals surface area contributed by atoms with Crippen molar-refractivity contribution in [2.75, 3.05) is 44.5 Å². The maximum Gasteiger partial charge on any atom is 0.363 e. The third-order valence-electron chi connectivity index (χ3n) is 11.4. The van der Waals surface area contributed by atoms with Crippen LogP contribution >= 0.6 is 7.60 Å². The minimum absolute atomic E-state index is 0.0229. The van der Waals surface area contributed by atoms with Gasteiger partial charge in [-0.05, 0) is 91.9 Å². The zero-order valence-corrected chi connectivity index (χ0v) is 39.5. The molecule has 4 aromatic carbocycles. The molecular weight excluding hydrogens is 876 g/mol. The van der Waals surface area contributed by atoms with E-state index in [0.717, 1.165) is 47.8 Å². The number of amides is 3. The minimum atomic E-state index is -4.00. The van der Waals surface area contributed by atoms with Gasteiger partial charge >= 0.3 is 13.6 Å². The Kier molecular flexibility index (Phi) is 18.8. The first-order valence-corrected chi connectivity index (χ1v) is 24.4. The molecule has 6 rings (SSSR count). The molecular formula is C51H61N4O11P. The molecule has 2 atom stereocenters. The molecule has 1 saturated heterocycles. The van der Waals surface area contributed by atoms with Gasteiger partial charge in [-0.25, -0.2) is 4.79 Å². The molecule has 0 saturated carbocycles. The number of hydrogen-bond donors (Lipinski definition) is 2. The lowest BCUT2D eigenvalue weighted by Gasteiger charge is -2.32. The summed E-state index contributed by atoms with van der Waals surface area (Å²) < 4.78 is 44.3. The van der Waals surface area contributed by atoms with E-state index in [-0.39, 0.29) is 36.7 Å². The second-order valence-electron chi connectivity index (χ2n) is 16.1. The number of hydrogen-bond acceptors (Lipinski definition) is 12. The molecule has 1 fully saturated rings. The van der Waals surface area contributed by atoms with Gasteiger partial charge in [-0.3, -0.25) is 18.9 Å². The molecule has 15 nitrogen and oxygen atoms in total. The van der Waals surface area contributed by atoms with Crippen molar-refractivity contribution in [2.24, 2.45) is 5.92 Å². The fraction of sp³-hybridized carbons (Fsp3) is 0.373. The number of carbonyl (C=O) groups excluding carboxylic acids is 4. The van der Waals surface area contributed by atoms with E-state index >= 15 is 0 Å². The number of ether oxygens (including phenoxy) is 2. The van der Waals surface area contributed by atoms with Crippen LogP contribution in [0.1, 0.15) is 90.5 Å². The van der Waals surface area contributed by atoms with Crippen molar-refractivity contribution in [1.29, 1.82) is 0 Å². The molecule has 0 radical (unpaired) electrons. The smallest absolute Gasteiger partial charge is 0.363 e. The van der Waals surface area contributed by atoms with E-state index < -0.39 is 37.3 Å². The largest absolute Gasteiger partial charge is 0.494 e. The second kappa shape index (κ2) is 25.0. The topological polar surface area (TPSA) is 175 Å². The third kappa shape index (κ3) is 13.9. The van der Waals surface area contributed by atoms with Crippen molar-refractivity contribution in [3.63, 3.8) is 0 Å². The first kappa shape index (κ1) is 50.2. The molecule has 2 heterocycles. The lowest BCUT2D eigenvalue weighted by molar-refractivity contribution is -0.171. The highest BCUT2D eigenvalue weighted by atomic mass is 31.2. The molecule has 67 heavy (non-hydrogen) atoms. The van der Waals surface area contributed by atoms with E-state index in [1.54, 1.807) is 30.3 Å². The molecule has 16 heteroatoms. The van der Waals surface area contributed by atoms with Crippen LogP contribution in [0, 0.1) is 12.8 Å². The standard InChI is InChI=1S/C51H61N4O11P/c1-5-8-11-20-45(46(6-2)55(36-56)66-51(59)44-22-21-41(29-37(44)4)54-25-27-61-28-26-54)49(57)52-35-53-50(58)48-24-23-47(65-48)40-30-42(62-7-3)32-43(31-40)67(60,63-33-38-16-12-9-13-17-38)64-34-39-18-14-10-15-19-39/h9-10,12-19,21-24,29-32,36,45-46H,5-8,11,20,25-28,33-35H2,1-4H3,(H,52,57)(H,53,58)/t45-,46-/m1/s1. The highest BCUT2D eigenvalue weighted by Gasteiger charge is 2.34. The molecule has 356 valence electrons. The Morgan fingerprint density at radius 3 is 2.13 bits per heavy atom. The van der Waals surface area contributed by atoms with Gasteiger partial charge in [0.2, 0.25) is 12.3 Å². The number of benzene rings is 4. The lowest BCUT2D eigenvalue weighted by atomic mass is 9.90. The van der Waals surface area contributed by atoms with E-state index in [2.05, 4.69) is 15.5 Å². The molecule has 0 unspecified atom stereocenters. The average molecular weight is 937 g/mol. The number of rotatable bonds is 25. The van der Waals surface area contributed by atoms with Crippen molar-refractivity contribution >= 4 is 42.8 Å². The van der Waals surface area contributed by atoms with Crippen LogP contribution in [-0.2, 0) is 46.0 Å². The minimum Gasteiger partial charge on any atom is -0.494 e. The summed E-state index contributed by atoms with van der Waals surface area (Å²) in [5.74, 6) is -1.88. The van der Waals surface area contributed by atoms with Gasteiger partial charge in [0.1, 0.15) is 11.5 Å². The Balaban J connectivity index is 1.13. The van der Waals surface area contributed by atoms with Crippen molar-refractivity contribution in [3.8, 4) is 17.1 Å². The summed E-state index contributed by atoms with van der Waals surface area (Å²) in [4.78, 5) is 61.2. The molecule has 2 N–H and O–H groups in total. The van der Waals surface area contributed by atoms with Crippen molar-refractivity contribution in [2.45, 2.75) is 79.1 Å². The molecule has 1 aliphatic rings. The summed E-state index contributed by atoms with van der Waals surface area (Å²) in [7, 11) is -4.00. The summed E-state index contributed by atoms with van der Waals surface area (Å²) in [6.45, 7) is 10.3. The van der Waals surface area contributed by atoms with Gasteiger partial charge in [0.15, 0.2) is 5.76 Å². The van der Waals surface area contributed by atoms with E-state index in [9.17, 15) is 23.7 Å². The number of unbranched alkanes of at least 4 members (excludes halogenated alkanes) is 2.